The Kier molecular flexibility index (Phi) is 7.16. The van der Waals surface area contributed by atoms with E-state index in [1.807, 2.05) is 0 Å². The van der Waals surface area contributed by atoms with Crippen LogP contribution in [0.3, 0.4) is 0 Å². The lowest BCUT2D eigenvalue weighted by molar-refractivity contribution is -0.126. The molecule has 0 spiro atoms. The van der Waals surface area contributed by atoms with E-state index in [1.165, 1.54) is 6.42 Å². The molecule has 1 fully saturated rings. The molecule has 5 nitrogen and oxygen atoms in total. The maximum atomic E-state index is 11.4. The molecule has 0 aliphatic carbocycles. The van der Waals surface area contributed by atoms with E-state index in [0.717, 1.165) is 26.2 Å². The number of hydrogen-bond donors (Lipinski definition) is 1. The summed E-state index contributed by atoms with van der Waals surface area (Å²) in [6.07, 6.45) is 1.18. The molecule has 1 N–H and O–H groups in total. The third kappa shape index (κ3) is 6.00. The second-order valence-electron chi connectivity index (χ2n) is 4.40. The average Bonchev–Trinajstić information content (AvgIpc) is 2.80. The first-order valence-corrected chi connectivity index (χ1v) is 6.32. The number of methoxy groups -OCH3 is 1. The Morgan fingerprint density at radius 3 is 2.94 bits per heavy atom. The Bertz CT molecular complexity index is 224. The molecule has 0 aromatic rings. The number of hydrogen-bond acceptors (Lipinski definition) is 4. The summed E-state index contributed by atoms with van der Waals surface area (Å²) in [6, 6.07) is 0. The molecule has 17 heavy (non-hydrogen) atoms. The summed E-state index contributed by atoms with van der Waals surface area (Å²) in [5, 5.41) is 2.91. The maximum Gasteiger partial charge on any atom is 0.246 e. The van der Waals surface area contributed by atoms with E-state index in [4.69, 9.17) is 9.47 Å². The first-order valence-electron chi connectivity index (χ1n) is 6.32. The smallest absolute Gasteiger partial charge is 0.246 e. The Hall–Kier alpha value is -0.650. The monoisotopic (exact) mass is 244 g/mol. The molecule has 0 aromatic heterocycles. The Morgan fingerprint density at radius 2 is 2.29 bits per heavy atom. The Morgan fingerprint density at radius 1 is 1.47 bits per heavy atom. The van der Waals surface area contributed by atoms with Crippen LogP contribution in [0.25, 0.3) is 0 Å². The third-order valence-corrected chi connectivity index (χ3v) is 3.07. The SMILES string of the molecule is CCN1CCC(CNC(=O)COCCOC)C1. The number of carbonyl (C=O) groups excluding carboxylic acids is 1. The normalized spacial score (nSPS) is 20.7. The fraction of sp³-hybridized carbons (Fsp3) is 0.917. The van der Waals surface area contributed by atoms with E-state index in [2.05, 4.69) is 17.1 Å². The Labute approximate surface area is 103 Å². The minimum atomic E-state index is -0.0314. The first-order chi connectivity index (χ1) is 8.26. The van der Waals surface area contributed by atoms with Crippen LogP contribution in [0.5, 0.6) is 0 Å². The van der Waals surface area contributed by atoms with E-state index in [9.17, 15) is 4.79 Å². The van der Waals surface area contributed by atoms with Crippen molar-refractivity contribution in [2.75, 3.05) is 53.1 Å². The van der Waals surface area contributed by atoms with Gasteiger partial charge in [-0.1, -0.05) is 6.92 Å². The summed E-state index contributed by atoms with van der Waals surface area (Å²) in [4.78, 5) is 13.8. The van der Waals surface area contributed by atoms with Crippen molar-refractivity contribution in [3.63, 3.8) is 0 Å². The molecule has 1 heterocycles. The second-order valence-corrected chi connectivity index (χ2v) is 4.40. The Balaban J connectivity index is 2.00. The molecule has 5 heteroatoms. The number of likely N-dealkylation sites (tertiary alicyclic amines) is 1. The number of rotatable bonds is 8. The highest BCUT2D eigenvalue weighted by molar-refractivity contribution is 5.77. The van der Waals surface area contributed by atoms with Gasteiger partial charge in [0.2, 0.25) is 5.91 Å². The van der Waals surface area contributed by atoms with E-state index >= 15 is 0 Å². The lowest BCUT2D eigenvalue weighted by Gasteiger charge is -2.13. The lowest BCUT2D eigenvalue weighted by Crippen LogP contribution is -2.33. The molecule has 1 aliphatic heterocycles. The summed E-state index contributed by atoms with van der Waals surface area (Å²) in [5.74, 6) is 0.564. The van der Waals surface area contributed by atoms with Crippen LogP contribution in [-0.2, 0) is 14.3 Å². The molecule has 1 amide bonds. The van der Waals surface area contributed by atoms with Crippen molar-refractivity contribution in [3.05, 3.63) is 0 Å². The van der Waals surface area contributed by atoms with Gasteiger partial charge in [-0.2, -0.15) is 0 Å². The molecule has 1 aliphatic rings. The number of ether oxygens (including phenoxy) is 2. The highest BCUT2D eigenvalue weighted by Gasteiger charge is 2.21. The molecule has 0 aromatic carbocycles. The molecule has 1 rings (SSSR count). The van der Waals surface area contributed by atoms with Gasteiger partial charge in [0, 0.05) is 20.2 Å². The van der Waals surface area contributed by atoms with Crippen molar-refractivity contribution in [2.24, 2.45) is 5.92 Å². The molecule has 1 unspecified atom stereocenters. The summed E-state index contributed by atoms with van der Waals surface area (Å²) < 4.78 is 9.97. The van der Waals surface area contributed by atoms with Crippen molar-refractivity contribution in [2.45, 2.75) is 13.3 Å². The number of nitrogens with one attached hydrogen (secondary N) is 1. The average molecular weight is 244 g/mol. The molecular formula is C12H24N2O3. The quantitative estimate of drug-likeness (QED) is 0.616. The van der Waals surface area contributed by atoms with Crippen LogP contribution in [0.4, 0.5) is 0 Å². The van der Waals surface area contributed by atoms with Gasteiger partial charge in [0.15, 0.2) is 0 Å². The third-order valence-electron chi connectivity index (χ3n) is 3.07. The van der Waals surface area contributed by atoms with Gasteiger partial charge < -0.3 is 19.7 Å². The molecule has 100 valence electrons. The van der Waals surface area contributed by atoms with Crippen molar-refractivity contribution >= 4 is 5.91 Å². The van der Waals surface area contributed by atoms with E-state index in [0.29, 0.717) is 19.1 Å². The summed E-state index contributed by atoms with van der Waals surface area (Å²) >= 11 is 0. The van der Waals surface area contributed by atoms with E-state index < -0.39 is 0 Å². The predicted molar refractivity (Wildman–Crippen MR) is 65.9 cm³/mol. The van der Waals surface area contributed by atoms with Crippen LogP contribution >= 0.6 is 0 Å². The largest absolute Gasteiger partial charge is 0.382 e. The van der Waals surface area contributed by atoms with Crippen molar-refractivity contribution in [1.29, 1.82) is 0 Å². The maximum absolute atomic E-state index is 11.4. The van der Waals surface area contributed by atoms with Crippen LogP contribution < -0.4 is 5.32 Å². The molecule has 0 saturated carbocycles. The van der Waals surface area contributed by atoms with E-state index in [-0.39, 0.29) is 12.5 Å². The molecule has 0 radical (unpaired) electrons. The fourth-order valence-electron chi connectivity index (χ4n) is 1.98. The second kappa shape index (κ2) is 8.44. The van der Waals surface area contributed by atoms with Crippen molar-refractivity contribution in [3.8, 4) is 0 Å². The molecule has 0 bridgehead atoms. The van der Waals surface area contributed by atoms with Crippen LogP contribution in [0, 0.1) is 5.92 Å². The zero-order valence-electron chi connectivity index (χ0n) is 10.9. The zero-order valence-corrected chi connectivity index (χ0v) is 10.9. The van der Waals surface area contributed by atoms with Crippen LogP contribution in [0.2, 0.25) is 0 Å². The number of carbonyl (C=O) groups is 1. The van der Waals surface area contributed by atoms with Gasteiger partial charge in [-0.3, -0.25) is 4.79 Å². The van der Waals surface area contributed by atoms with Gasteiger partial charge in [0.25, 0.3) is 0 Å². The molecular weight excluding hydrogens is 220 g/mol. The van der Waals surface area contributed by atoms with Crippen molar-refractivity contribution < 1.29 is 14.3 Å². The van der Waals surface area contributed by atoms with Gasteiger partial charge in [0.05, 0.1) is 13.2 Å². The minimum Gasteiger partial charge on any atom is -0.382 e. The van der Waals surface area contributed by atoms with Gasteiger partial charge in [-0.05, 0) is 25.4 Å². The predicted octanol–water partition coefficient (Wildman–Crippen LogP) is 0.107. The first kappa shape index (κ1) is 14.4. The van der Waals surface area contributed by atoms with E-state index in [1.54, 1.807) is 7.11 Å². The van der Waals surface area contributed by atoms with Gasteiger partial charge in [-0.25, -0.2) is 0 Å². The molecule has 1 saturated heterocycles. The highest BCUT2D eigenvalue weighted by atomic mass is 16.5. The topological polar surface area (TPSA) is 50.8 Å². The van der Waals surface area contributed by atoms with Crippen LogP contribution in [0.1, 0.15) is 13.3 Å². The molecule has 1 atom stereocenters. The van der Waals surface area contributed by atoms with Gasteiger partial charge >= 0.3 is 0 Å². The fourth-order valence-corrected chi connectivity index (χ4v) is 1.98. The summed E-state index contributed by atoms with van der Waals surface area (Å²) in [6.45, 7) is 7.42. The van der Waals surface area contributed by atoms with Crippen LogP contribution in [0.15, 0.2) is 0 Å². The zero-order chi connectivity index (χ0) is 12.5. The van der Waals surface area contributed by atoms with Crippen molar-refractivity contribution in [1.82, 2.24) is 10.2 Å². The minimum absolute atomic E-state index is 0.0314. The summed E-state index contributed by atoms with van der Waals surface area (Å²) in [5.41, 5.74) is 0. The highest BCUT2D eigenvalue weighted by Crippen LogP contribution is 2.14. The van der Waals surface area contributed by atoms with Gasteiger partial charge in [-0.15, -0.1) is 0 Å². The summed E-state index contributed by atoms with van der Waals surface area (Å²) in [7, 11) is 1.61. The van der Waals surface area contributed by atoms with Gasteiger partial charge in [0.1, 0.15) is 6.61 Å². The van der Waals surface area contributed by atoms with Crippen LogP contribution in [-0.4, -0.2) is 63.9 Å². The number of amides is 1. The number of nitrogens with zero attached hydrogens (tertiary/aromatic N) is 1. The standard InChI is InChI=1S/C12H24N2O3/c1-3-14-5-4-11(9-14)8-13-12(15)10-17-7-6-16-2/h11H,3-10H2,1-2H3,(H,13,15). The lowest BCUT2D eigenvalue weighted by atomic mass is 10.1.